The molecule has 26 heavy (non-hydrogen) atoms. The molecular formula is C17H21BF3NO4. The van der Waals surface area contributed by atoms with Crippen molar-refractivity contribution in [1.82, 2.24) is 5.32 Å². The van der Waals surface area contributed by atoms with Gasteiger partial charge in [0, 0.05) is 6.04 Å². The molecule has 2 fully saturated rings. The van der Waals surface area contributed by atoms with Crippen LogP contribution in [0.1, 0.15) is 50.9 Å². The number of ether oxygens (including phenoxy) is 1. The molecule has 1 aromatic carbocycles. The van der Waals surface area contributed by atoms with Crippen LogP contribution in [0.25, 0.3) is 0 Å². The lowest BCUT2D eigenvalue weighted by atomic mass is 9.78. The van der Waals surface area contributed by atoms with Crippen molar-refractivity contribution in [3.8, 4) is 5.75 Å². The molecule has 0 aromatic heterocycles. The molecule has 142 valence electrons. The molecule has 1 amide bonds. The molecule has 0 atom stereocenters. The Morgan fingerprint density at radius 2 is 1.81 bits per heavy atom. The fourth-order valence-electron chi connectivity index (χ4n) is 2.61. The van der Waals surface area contributed by atoms with Crippen LogP contribution >= 0.6 is 0 Å². The highest BCUT2D eigenvalue weighted by atomic mass is 19.3. The van der Waals surface area contributed by atoms with Crippen molar-refractivity contribution in [2.45, 2.75) is 64.4 Å². The standard InChI is InChI=1S/C17H21BF3NO4/c1-16(2)17(3,4)26-18(25-16)9-7-11(19)13(12(8-9)24-15(20)21)14(23)22-10-5-6-10/h7-8,10,15H,5-6H2,1-4H3,(H,22,23). The first kappa shape index (κ1) is 19.0. The Morgan fingerprint density at radius 1 is 1.23 bits per heavy atom. The third kappa shape index (κ3) is 3.69. The summed E-state index contributed by atoms with van der Waals surface area (Å²) in [5.74, 6) is -2.28. The van der Waals surface area contributed by atoms with Gasteiger partial charge in [-0.25, -0.2) is 4.39 Å². The first-order chi connectivity index (χ1) is 12.0. The minimum absolute atomic E-state index is 0.0518. The lowest BCUT2D eigenvalue weighted by molar-refractivity contribution is -0.0503. The van der Waals surface area contributed by atoms with Crippen molar-refractivity contribution in [3.63, 3.8) is 0 Å². The van der Waals surface area contributed by atoms with Gasteiger partial charge in [-0.15, -0.1) is 0 Å². The summed E-state index contributed by atoms with van der Waals surface area (Å²) < 4.78 is 56.2. The van der Waals surface area contributed by atoms with Crippen molar-refractivity contribution in [2.75, 3.05) is 0 Å². The Balaban J connectivity index is 1.95. The van der Waals surface area contributed by atoms with Crippen LogP contribution in [-0.4, -0.2) is 36.9 Å². The van der Waals surface area contributed by atoms with E-state index < -0.39 is 48.0 Å². The molecule has 1 heterocycles. The Hall–Kier alpha value is -1.74. The van der Waals surface area contributed by atoms with Crippen LogP contribution in [0.15, 0.2) is 12.1 Å². The summed E-state index contributed by atoms with van der Waals surface area (Å²) in [6.07, 6.45) is 1.56. The Kier molecular flexibility index (Phi) is 4.73. The molecule has 1 N–H and O–H groups in total. The maximum absolute atomic E-state index is 14.6. The van der Waals surface area contributed by atoms with E-state index in [9.17, 15) is 18.0 Å². The minimum atomic E-state index is -3.20. The second kappa shape index (κ2) is 6.46. The fraction of sp³-hybridized carbons (Fsp3) is 0.588. The van der Waals surface area contributed by atoms with E-state index in [0.29, 0.717) is 0 Å². The quantitative estimate of drug-likeness (QED) is 0.809. The van der Waals surface area contributed by atoms with Crippen LogP contribution in [0.4, 0.5) is 13.2 Å². The number of rotatable bonds is 5. The zero-order valence-corrected chi connectivity index (χ0v) is 15.1. The number of hydrogen-bond acceptors (Lipinski definition) is 4. The van der Waals surface area contributed by atoms with Crippen LogP contribution in [0.5, 0.6) is 5.75 Å². The summed E-state index contributed by atoms with van der Waals surface area (Å²) in [7, 11) is -0.963. The summed E-state index contributed by atoms with van der Waals surface area (Å²) in [5.41, 5.74) is -1.74. The number of amides is 1. The monoisotopic (exact) mass is 371 g/mol. The number of benzene rings is 1. The molecular weight excluding hydrogens is 350 g/mol. The zero-order valence-electron chi connectivity index (χ0n) is 15.1. The average molecular weight is 371 g/mol. The van der Waals surface area contributed by atoms with Crippen molar-refractivity contribution < 1.29 is 32.0 Å². The first-order valence-corrected chi connectivity index (χ1v) is 8.45. The van der Waals surface area contributed by atoms with Gasteiger partial charge in [0.25, 0.3) is 5.91 Å². The van der Waals surface area contributed by atoms with Gasteiger partial charge in [-0.3, -0.25) is 4.79 Å². The van der Waals surface area contributed by atoms with Gasteiger partial charge in [0.1, 0.15) is 17.1 Å². The van der Waals surface area contributed by atoms with Gasteiger partial charge in [0.15, 0.2) is 0 Å². The predicted molar refractivity (Wildman–Crippen MR) is 89.2 cm³/mol. The maximum atomic E-state index is 14.6. The zero-order chi connectivity index (χ0) is 19.3. The molecule has 0 unspecified atom stereocenters. The fourth-order valence-corrected chi connectivity index (χ4v) is 2.61. The summed E-state index contributed by atoms with van der Waals surface area (Å²) in [6.45, 7) is 4.07. The maximum Gasteiger partial charge on any atom is 0.495 e. The highest BCUT2D eigenvalue weighted by molar-refractivity contribution is 6.62. The van der Waals surface area contributed by atoms with Gasteiger partial charge < -0.3 is 19.4 Å². The van der Waals surface area contributed by atoms with Gasteiger partial charge >= 0.3 is 13.7 Å². The number of alkyl halides is 2. The van der Waals surface area contributed by atoms with Crippen molar-refractivity contribution in [2.24, 2.45) is 0 Å². The molecule has 3 rings (SSSR count). The van der Waals surface area contributed by atoms with E-state index in [1.165, 1.54) is 6.07 Å². The van der Waals surface area contributed by atoms with Crippen LogP contribution in [0.3, 0.4) is 0 Å². The molecule has 0 spiro atoms. The van der Waals surface area contributed by atoms with E-state index in [-0.39, 0.29) is 11.5 Å². The topological polar surface area (TPSA) is 56.8 Å². The Morgan fingerprint density at radius 3 is 2.31 bits per heavy atom. The summed E-state index contributed by atoms with van der Waals surface area (Å²) in [6, 6.07) is 2.17. The smallest absolute Gasteiger partial charge is 0.434 e. The molecule has 9 heteroatoms. The van der Waals surface area contributed by atoms with Gasteiger partial charge in [-0.2, -0.15) is 8.78 Å². The second-order valence-corrected chi connectivity index (χ2v) is 7.59. The van der Waals surface area contributed by atoms with E-state index in [1.807, 2.05) is 27.7 Å². The molecule has 1 aromatic rings. The molecule has 1 saturated heterocycles. The van der Waals surface area contributed by atoms with Crippen molar-refractivity contribution in [1.29, 1.82) is 0 Å². The molecule has 1 saturated carbocycles. The van der Waals surface area contributed by atoms with Gasteiger partial charge in [0.2, 0.25) is 0 Å². The van der Waals surface area contributed by atoms with E-state index in [2.05, 4.69) is 10.1 Å². The molecule has 5 nitrogen and oxygen atoms in total. The average Bonchev–Trinajstić information content (AvgIpc) is 3.24. The number of halogens is 3. The van der Waals surface area contributed by atoms with E-state index >= 15 is 0 Å². The van der Waals surface area contributed by atoms with Gasteiger partial charge in [0.05, 0.1) is 11.2 Å². The number of carbonyl (C=O) groups excluding carboxylic acids is 1. The molecule has 2 aliphatic rings. The lowest BCUT2D eigenvalue weighted by Crippen LogP contribution is -2.41. The summed E-state index contributed by atoms with van der Waals surface area (Å²) >= 11 is 0. The SMILES string of the molecule is CC1(C)OB(c2cc(F)c(C(=O)NC3CC3)c(OC(F)F)c2)OC1(C)C. The van der Waals surface area contributed by atoms with E-state index in [1.54, 1.807) is 0 Å². The highest BCUT2D eigenvalue weighted by Crippen LogP contribution is 2.37. The normalized spacial score (nSPS) is 21.2. The number of hydrogen-bond donors (Lipinski definition) is 1. The molecule has 0 radical (unpaired) electrons. The Labute approximate surface area is 150 Å². The van der Waals surface area contributed by atoms with Gasteiger partial charge in [-0.05, 0) is 58.1 Å². The van der Waals surface area contributed by atoms with Gasteiger partial charge in [-0.1, -0.05) is 0 Å². The van der Waals surface area contributed by atoms with Crippen LogP contribution in [0.2, 0.25) is 0 Å². The van der Waals surface area contributed by atoms with E-state index in [0.717, 1.165) is 18.9 Å². The highest BCUT2D eigenvalue weighted by Gasteiger charge is 2.52. The second-order valence-electron chi connectivity index (χ2n) is 7.59. The number of carbonyl (C=O) groups is 1. The summed E-state index contributed by atoms with van der Waals surface area (Å²) in [4.78, 5) is 12.2. The number of nitrogens with one attached hydrogen (secondary N) is 1. The van der Waals surface area contributed by atoms with Crippen LogP contribution < -0.4 is 15.5 Å². The van der Waals surface area contributed by atoms with E-state index in [4.69, 9.17) is 9.31 Å². The minimum Gasteiger partial charge on any atom is -0.434 e. The Bertz CT molecular complexity index is 706. The predicted octanol–water partition coefficient (Wildman–Crippen LogP) is 2.62. The first-order valence-electron chi connectivity index (χ1n) is 8.45. The largest absolute Gasteiger partial charge is 0.495 e. The van der Waals surface area contributed by atoms with Crippen LogP contribution in [-0.2, 0) is 9.31 Å². The summed E-state index contributed by atoms with van der Waals surface area (Å²) in [5, 5.41) is 2.57. The van der Waals surface area contributed by atoms with Crippen molar-refractivity contribution in [3.05, 3.63) is 23.5 Å². The van der Waals surface area contributed by atoms with Crippen molar-refractivity contribution >= 4 is 18.5 Å². The third-order valence-corrected chi connectivity index (χ3v) is 4.96. The molecule has 1 aliphatic heterocycles. The molecule has 1 aliphatic carbocycles. The molecule has 0 bridgehead atoms. The lowest BCUT2D eigenvalue weighted by Gasteiger charge is -2.32. The van der Waals surface area contributed by atoms with Crippen LogP contribution in [0, 0.1) is 5.82 Å². The third-order valence-electron chi connectivity index (χ3n) is 4.96.